The van der Waals surface area contributed by atoms with Crippen molar-refractivity contribution in [2.24, 2.45) is 23.2 Å². The molecule has 0 spiro atoms. The Bertz CT molecular complexity index is 303. The molecule has 18 heavy (non-hydrogen) atoms. The van der Waals surface area contributed by atoms with Crippen molar-refractivity contribution in [3.63, 3.8) is 0 Å². The Morgan fingerprint density at radius 1 is 1.17 bits per heavy atom. The van der Waals surface area contributed by atoms with Crippen molar-refractivity contribution < 1.29 is 0 Å². The second kappa shape index (κ2) is 6.09. The Labute approximate surface area is 113 Å². The Balaban J connectivity index is 1.89. The van der Waals surface area contributed by atoms with Gasteiger partial charge in [-0.3, -0.25) is 0 Å². The molecular formula is C17H29N. The maximum atomic E-state index is 9.45. The zero-order chi connectivity index (χ0) is 13.0. The molecule has 2 aliphatic rings. The molecule has 0 saturated heterocycles. The first-order valence-corrected chi connectivity index (χ1v) is 8.14. The Kier molecular flexibility index (Phi) is 4.71. The Hall–Kier alpha value is -0.510. The summed E-state index contributed by atoms with van der Waals surface area (Å²) in [5.74, 6) is 2.83. The van der Waals surface area contributed by atoms with E-state index in [0.29, 0.717) is 0 Å². The van der Waals surface area contributed by atoms with Gasteiger partial charge in [0.15, 0.2) is 0 Å². The highest BCUT2D eigenvalue weighted by atomic mass is 14.5. The van der Waals surface area contributed by atoms with Crippen LogP contribution in [-0.4, -0.2) is 0 Å². The number of hydrogen-bond donors (Lipinski definition) is 0. The maximum absolute atomic E-state index is 9.45. The van der Waals surface area contributed by atoms with Gasteiger partial charge in [-0.15, -0.1) is 0 Å². The zero-order valence-electron chi connectivity index (χ0n) is 12.3. The van der Waals surface area contributed by atoms with Crippen LogP contribution in [0.25, 0.3) is 0 Å². The van der Waals surface area contributed by atoms with E-state index < -0.39 is 0 Å². The smallest absolute Gasteiger partial charge is 0.0689 e. The number of fused-ring (bicyclic) bond motifs is 1. The molecule has 102 valence electrons. The number of hydrogen-bond acceptors (Lipinski definition) is 1. The molecule has 0 bridgehead atoms. The molecule has 0 amide bonds. The van der Waals surface area contributed by atoms with Gasteiger partial charge in [-0.1, -0.05) is 39.5 Å². The van der Waals surface area contributed by atoms with Crippen molar-refractivity contribution in [2.75, 3.05) is 0 Å². The van der Waals surface area contributed by atoms with Gasteiger partial charge in [0.1, 0.15) is 0 Å². The number of unbranched alkanes of at least 4 members (excludes halogenated alkanes) is 1. The molecular weight excluding hydrogens is 218 g/mol. The van der Waals surface area contributed by atoms with E-state index in [1.165, 1.54) is 57.8 Å². The first-order valence-electron chi connectivity index (χ1n) is 8.14. The van der Waals surface area contributed by atoms with Crippen molar-refractivity contribution in [3.8, 4) is 6.07 Å². The summed E-state index contributed by atoms with van der Waals surface area (Å²) in [6.45, 7) is 4.51. The summed E-state index contributed by atoms with van der Waals surface area (Å²) in [5, 5.41) is 9.45. The van der Waals surface area contributed by atoms with E-state index in [4.69, 9.17) is 0 Å². The standard InChI is InChI=1S/C17H29N/c1-3-5-6-14-7-8-16-12-17(4-2,13-18)10-9-15(16)11-14/h14-16H,3-12H2,1-2H3. The molecule has 0 aliphatic heterocycles. The normalized spacial score (nSPS) is 39.9. The van der Waals surface area contributed by atoms with E-state index in [2.05, 4.69) is 19.9 Å². The number of nitriles is 1. The molecule has 1 heteroatoms. The Morgan fingerprint density at radius 2 is 2.00 bits per heavy atom. The highest BCUT2D eigenvalue weighted by molar-refractivity contribution is 5.03. The Morgan fingerprint density at radius 3 is 2.67 bits per heavy atom. The summed E-state index contributed by atoms with van der Waals surface area (Å²) >= 11 is 0. The van der Waals surface area contributed by atoms with Crippen LogP contribution in [0.2, 0.25) is 0 Å². The monoisotopic (exact) mass is 247 g/mol. The van der Waals surface area contributed by atoms with E-state index in [1.807, 2.05) is 0 Å². The van der Waals surface area contributed by atoms with Gasteiger partial charge in [-0.25, -0.2) is 0 Å². The maximum Gasteiger partial charge on any atom is 0.0689 e. The van der Waals surface area contributed by atoms with Crippen LogP contribution < -0.4 is 0 Å². The fourth-order valence-corrected chi connectivity index (χ4v) is 4.37. The fourth-order valence-electron chi connectivity index (χ4n) is 4.37. The third kappa shape index (κ3) is 2.90. The predicted octanol–water partition coefficient (Wildman–Crippen LogP) is 5.31. The van der Waals surface area contributed by atoms with Gasteiger partial charge >= 0.3 is 0 Å². The van der Waals surface area contributed by atoms with E-state index in [1.54, 1.807) is 0 Å². The number of rotatable bonds is 4. The van der Waals surface area contributed by atoms with E-state index in [-0.39, 0.29) is 5.41 Å². The minimum absolute atomic E-state index is 0.0391. The summed E-state index contributed by atoms with van der Waals surface area (Å²) in [6.07, 6.45) is 13.3. The summed E-state index contributed by atoms with van der Waals surface area (Å²) < 4.78 is 0. The van der Waals surface area contributed by atoms with Gasteiger partial charge in [0.2, 0.25) is 0 Å². The second-order valence-electron chi connectivity index (χ2n) is 6.83. The molecule has 1 nitrogen and oxygen atoms in total. The fraction of sp³-hybridized carbons (Fsp3) is 0.941. The predicted molar refractivity (Wildman–Crippen MR) is 76.0 cm³/mol. The molecule has 0 N–H and O–H groups in total. The minimum Gasteiger partial charge on any atom is -0.198 e. The average Bonchev–Trinajstić information content (AvgIpc) is 2.44. The van der Waals surface area contributed by atoms with Crippen LogP contribution in [0.5, 0.6) is 0 Å². The van der Waals surface area contributed by atoms with E-state index >= 15 is 0 Å². The van der Waals surface area contributed by atoms with Crippen LogP contribution >= 0.6 is 0 Å². The van der Waals surface area contributed by atoms with Crippen LogP contribution in [0.4, 0.5) is 0 Å². The van der Waals surface area contributed by atoms with Crippen molar-refractivity contribution in [1.82, 2.24) is 0 Å². The third-order valence-corrected chi connectivity index (χ3v) is 5.77. The summed E-state index contributed by atoms with van der Waals surface area (Å²) in [6, 6.07) is 2.65. The lowest BCUT2D eigenvalue weighted by Crippen LogP contribution is -2.36. The topological polar surface area (TPSA) is 23.8 Å². The van der Waals surface area contributed by atoms with E-state index in [9.17, 15) is 5.26 Å². The van der Waals surface area contributed by atoms with Crippen molar-refractivity contribution in [3.05, 3.63) is 0 Å². The lowest BCUT2D eigenvalue weighted by molar-refractivity contribution is 0.0652. The summed E-state index contributed by atoms with van der Waals surface area (Å²) in [4.78, 5) is 0. The van der Waals surface area contributed by atoms with Gasteiger partial charge in [0, 0.05) is 0 Å². The summed E-state index contributed by atoms with van der Waals surface area (Å²) in [5.41, 5.74) is 0.0391. The largest absolute Gasteiger partial charge is 0.198 e. The lowest BCUT2D eigenvalue weighted by Gasteiger charge is -2.45. The minimum atomic E-state index is 0.0391. The van der Waals surface area contributed by atoms with Gasteiger partial charge in [-0.05, 0) is 56.3 Å². The van der Waals surface area contributed by atoms with Crippen LogP contribution in [-0.2, 0) is 0 Å². The van der Waals surface area contributed by atoms with Crippen LogP contribution in [0.1, 0.15) is 78.1 Å². The third-order valence-electron chi connectivity index (χ3n) is 5.77. The molecule has 2 rings (SSSR count). The SMILES string of the molecule is CCCCC1CCC2CC(C#N)(CC)CCC2C1. The first-order chi connectivity index (χ1) is 8.73. The number of nitrogens with zero attached hydrogens (tertiary/aromatic N) is 1. The van der Waals surface area contributed by atoms with Gasteiger partial charge in [0.25, 0.3) is 0 Å². The molecule has 0 aromatic heterocycles. The van der Waals surface area contributed by atoms with Crippen LogP contribution in [0, 0.1) is 34.5 Å². The molecule has 2 aliphatic carbocycles. The van der Waals surface area contributed by atoms with E-state index in [0.717, 1.165) is 24.2 Å². The molecule has 4 atom stereocenters. The van der Waals surface area contributed by atoms with Crippen LogP contribution in [0.15, 0.2) is 0 Å². The average molecular weight is 247 g/mol. The molecule has 0 aromatic carbocycles. The molecule has 0 heterocycles. The quantitative estimate of drug-likeness (QED) is 0.660. The van der Waals surface area contributed by atoms with Gasteiger partial charge in [0.05, 0.1) is 11.5 Å². The molecule has 4 unspecified atom stereocenters. The molecule has 2 saturated carbocycles. The van der Waals surface area contributed by atoms with Crippen molar-refractivity contribution in [1.29, 1.82) is 5.26 Å². The van der Waals surface area contributed by atoms with Gasteiger partial charge in [-0.2, -0.15) is 5.26 Å². The van der Waals surface area contributed by atoms with Gasteiger partial charge < -0.3 is 0 Å². The molecule has 0 aromatic rings. The van der Waals surface area contributed by atoms with Crippen molar-refractivity contribution in [2.45, 2.75) is 78.1 Å². The lowest BCUT2D eigenvalue weighted by atomic mass is 9.59. The molecule has 0 radical (unpaired) electrons. The van der Waals surface area contributed by atoms with Crippen LogP contribution in [0.3, 0.4) is 0 Å². The highest BCUT2D eigenvalue weighted by Crippen LogP contribution is 2.51. The zero-order valence-corrected chi connectivity index (χ0v) is 12.3. The first kappa shape index (κ1) is 13.9. The second-order valence-corrected chi connectivity index (χ2v) is 6.83. The highest BCUT2D eigenvalue weighted by Gasteiger charge is 2.42. The van der Waals surface area contributed by atoms with Crippen molar-refractivity contribution >= 4 is 0 Å². The molecule has 2 fully saturated rings. The summed E-state index contributed by atoms with van der Waals surface area (Å²) in [7, 11) is 0.